The quantitative estimate of drug-likeness (QED) is 0.652. The Hall–Kier alpha value is -2.76. The molecule has 0 unspecified atom stereocenters. The summed E-state index contributed by atoms with van der Waals surface area (Å²) in [5.41, 5.74) is 4.90. The van der Waals surface area contributed by atoms with Gasteiger partial charge in [0.15, 0.2) is 17.1 Å². The third kappa shape index (κ3) is 3.52. The lowest BCUT2D eigenvalue weighted by Crippen LogP contribution is -2.39. The van der Waals surface area contributed by atoms with Gasteiger partial charge in [-0.3, -0.25) is 0 Å². The minimum atomic E-state index is 0.671. The van der Waals surface area contributed by atoms with Gasteiger partial charge in [0, 0.05) is 30.4 Å². The minimum absolute atomic E-state index is 0.671. The maximum absolute atomic E-state index is 5.51. The summed E-state index contributed by atoms with van der Waals surface area (Å²) in [6, 6.07) is 8.13. The number of benzene rings is 1. The topological polar surface area (TPSA) is 51.9 Å². The molecule has 29 heavy (non-hydrogen) atoms. The van der Waals surface area contributed by atoms with Crippen LogP contribution < -0.4 is 14.4 Å². The van der Waals surface area contributed by atoms with Crippen molar-refractivity contribution in [3.8, 4) is 22.6 Å². The molecule has 154 valence electrons. The van der Waals surface area contributed by atoms with E-state index >= 15 is 0 Å². The van der Waals surface area contributed by atoms with E-state index in [2.05, 4.69) is 31.7 Å². The number of rotatable bonds is 4. The van der Waals surface area contributed by atoms with Crippen LogP contribution in [0.15, 0.2) is 24.3 Å². The fourth-order valence-electron chi connectivity index (χ4n) is 4.63. The van der Waals surface area contributed by atoms with Gasteiger partial charge in [-0.2, -0.15) is 9.61 Å². The molecule has 0 N–H and O–H groups in total. The largest absolute Gasteiger partial charge is 0.493 e. The summed E-state index contributed by atoms with van der Waals surface area (Å²) in [4.78, 5) is 7.33. The number of aromatic nitrogens is 3. The Kier molecular flexibility index (Phi) is 5.11. The molecular weight excluding hydrogens is 364 g/mol. The zero-order valence-corrected chi connectivity index (χ0v) is 18.2. The lowest BCUT2D eigenvalue weighted by atomic mass is 9.92. The van der Waals surface area contributed by atoms with Gasteiger partial charge in [-0.05, 0) is 49.8 Å². The molecule has 6 heteroatoms. The Morgan fingerprint density at radius 2 is 1.66 bits per heavy atom. The van der Waals surface area contributed by atoms with E-state index in [1.54, 1.807) is 14.2 Å². The molecule has 1 fully saturated rings. The van der Waals surface area contributed by atoms with Crippen molar-refractivity contribution in [2.24, 2.45) is 11.8 Å². The highest BCUT2D eigenvalue weighted by molar-refractivity contribution is 5.82. The lowest BCUT2D eigenvalue weighted by Gasteiger charge is -2.36. The number of anilines is 1. The van der Waals surface area contributed by atoms with Crippen LogP contribution in [-0.4, -0.2) is 41.9 Å². The standard InChI is InChI=1S/C23H30N4O2/c1-14-9-15(2)13-26(12-14)21-10-16(3)24-23-22(17(4)25-27(21)23)18-7-8-19(28-5)20(11-18)29-6/h7-8,10-11,14-15H,9,12-13H2,1-6H3/t14-,15-/m1/s1. The van der Waals surface area contributed by atoms with Crippen molar-refractivity contribution >= 4 is 11.5 Å². The number of fused-ring (bicyclic) bond motifs is 1. The lowest BCUT2D eigenvalue weighted by molar-refractivity contribution is 0.354. The first-order chi connectivity index (χ1) is 13.9. The molecule has 0 saturated carbocycles. The van der Waals surface area contributed by atoms with Crippen LogP contribution in [0.5, 0.6) is 11.5 Å². The average Bonchev–Trinajstić information content (AvgIpc) is 3.01. The summed E-state index contributed by atoms with van der Waals surface area (Å²) in [6.07, 6.45) is 1.28. The van der Waals surface area contributed by atoms with Gasteiger partial charge < -0.3 is 14.4 Å². The van der Waals surface area contributed by atoms with E-state index in [0.29, 0.717) is 23.3 Å². The van der Waals surface area contributed by atoms with Gasteiger partial charge in [-0.25, -0.2) is 4.98 Å². The van der Waals surface area contributed by atoms with Gasteiger partial charge >= 0.3 is 0 Å². The Balaban J connectivity index is 1.88. The van der Waals surface area contributed by atoms with Crippen molar-refractivity contribution in [2.75, 3.05) is 32.2 Å². The summed E-state index contributed by atoms with van der Waals surface area (Å²) >= 11 is 0. The SMILES string of the molecule is COc1ccc(-c2c(C)nn3c(N4C[C@H](C)C[C@@H](C)C4)cc(C)nc23)cc1OC. The molecule has 0 bridgehead atoms. The number of aryl methyl sites for hydroxylation is 2. The van der Waals surface area contributed by atoms with E-state index in [1.807, 2.05) is 29.6 Å². The van der Waals surface area contributed by atoms with E-state index in [0.717, 1.165) is 47.1 Å². The second-order valence-corrected chi connectivity index (χ2v) is 8.37. The normalized spacial score (nSPS) is 19.6. The molecule has 3 aromatic rings. The second-order valence-electron chi connectivity index (χ2n) is 8.37. The molecule has 1 aromatic carbocycles. The molecule has 4 rings (SSSR count). The molecule has 3 heterocycles. The number of nitrogens with zero attached hydrogens (tertiary/aromatic N) is 4. The number of hydrogen-bond acceptors (Lipinski definition) is 5. The van der Waals surface area contributed by atoms with Crippen LogP contribution in [0.1, 0.15) is 31.7 Å². The van der Waals surface area contributed by atoms with Crippen molar-refractivity contribution in [3.63, 3.8) is 0 Å². The minimum Gasteiger partial charge on any atom is -0.493 e. The predicted molar refractivity (Wildman–Crippen MR) is 116 cm³/mol. The third-order valence-electron chi connectivity index (χ3n) is 5.74. The molecule has 0 spiro atoms. The first-order valence-corrected chi connectivity index (χ1v) is 10.3. The monoisotopic (exact) mass is 394 g/mol. The molecule has 2 aromatic heterocycles. The van der Waals surface area contributed by atoms with E-state index in [-0.39, 0.29) is 0 Å². The number of methoxy groups -OCH3 is 2. The first-order valence-electron chi connectivity index (χ1n) is 10.3. The summed E-state index contributed by atoms with van der Waals surface area (Å²) < 4.78 is 12.9. The Morgan fingerprint density at radius 1 is 0.966 bits per heavy atom. The van der Waals surface area contributed by atoms with Crippen LogP contribution in [0.25, 0.3) is 16.8 Å². The zero-order valence-electron chi connectivity index (χ0n) is 18.2. The predicted octanol–water partition coefficient (Wildman–Crippen LogP) is 4.51. The maximum atomic E-state index is 5.51. The molecule has 1 aliphatic heterocycles. The molecule has 2 atom stereocenters. The van der Waals surface area contributed by atoms with Crippen molar-refractivity contribution in [1.29, 1.82) is 0 Å². The van der Waals surface area contributed by atoms with E-state index in [4.69, 9.17) is 19.6 Å². The smallest absolute Gasteiger partial charge is 0.165 e. The van der Waals surface area contributed by atoms with Gasteiger partial charge in [-0.1, -0.05) is 19.9 Å². The molecular formula is C23H30N4O2. The fourth-order valence-corrected chi connectivity index (χ4v) is 4.63. The van der Waals surface area contributed by atoms with Gasteiger partial charge in [-0.15, -0.1) is 0 Å². The van der Waals surface area contributed by atoms with Crippen LogP contribution in [0.3, 0.4) is 0 Å². The molecule has 0 aliphatic carbocycles. The highest BCUT2D eigenvalue weighted by Crippen LogP contribution is 2.36. The van der Waals surface area contributed by atoms with Gasteiger partial charge in [0.2, 0.25) is 0 Å². The third-order valence-corrected chi connectivity index (χ3v) is 5.74. The molecule has 0 radical (unpaired) electrons. The zero-order chi connectivity index (χ0) is 20.7. The van der Waals surface area contributed by atoms with Crippen LogP contribution >= 0.6 is 0 Å². The van der Waals surface area contributed by atoms with Gasteiger partial charge in [0.05, 0.1) is 19.9 Å². The summed E-state index contributed by atoms with van der Waals surface area (Å²) in [5, 5.41) is 4.89. The summed E-state index contributed by atoms with van der Waals surface area (Å²) in [6.45, 7) is 10.9. The van der Waals surface area contributed by atoms with Crippen molar-refractivity contribution in [2.45, 2.75) is 34.1 Å². The highest BCUT2D eigenvalue weighted by Gasteiger charge is 2.26. The van der Waals surface area contributed by atoms with Crippen LogP contribution in [0, 0.1) is 25.7 Å². The van der Waals surface area contributed by atoms with Crippen molar-refractivity contribution in [1.82, 2.24) is 14.6 Å². The van der Waals surface area contributed by atoms with Gasteiger partial charge in [0.1, 0.15) is 5.82 Å². The fraction of sp³-hybridized carbons (Fsp3) is 0.478. The molecule has 1 aliphatic rings. The molecule has 1 saturated heterocycles. The van der Waals surface area contributed by atoms with Crippen molar-refractivity contribution < 1.29 is 9.47 Å². The Labute approximate surface area is 172 Å². The number of hydrogen-bond donors (Lipinski definition) is 0. The Morgan fingerprint density at radius 3 is 2.31 bits per heavy atom. The summed E-state index contributed by atoms with van der Waals surface area (Å²) in [5.74, 6) is 3.89. The van der Waals surface area contributed by atoms with E-state index in [9.17, 15) is 0 Å². The Bertz CT molecular complexity index is 1030. The average molecular weight is 395 g/mol. The first kappa shape index (κ1) is 19.6. The van der Waals surface area contributed by atoms with Crippen LogP contribution in [-0.2, 0) is 0 Å². The van der Waals surface area contributed by atoms with Crippen LogP contribution in [0.2, 0.25) is 0 Å². The molecule has 0 amide bonds. The van der Waals surface area contributed by atoms with Crippen molar-refractivity contribution in [3.05, 3.63) is 35.7 Å². The van der Waals surface area contributed by atoms with Crippen LogP contribution in [0.4, 0.5) is 5.82 Å². The maximum Gasteiger partial charge on any atom is 0.165 e. The van der Waals surface area contributed by atoms with E-state index in [1.165, 1.54) is 6.42 Å². The van der Waals surface area contributed by atoms with E-state index < -0.39 is 0 Å². The number of piperidine rings is 1. The molecule has 6 nitrogen and oxygen atoms in total. The number of ether oxygens (including phenoxy) is 2. The van der Waals surface area contributed by atoms with Gasteiger partial charge in [0.25, 0.3) is 0 Å². The summed E-state index contributed by atoms with van der Waals surface area (Å²) in [7, 11) is 3.31. The second kappa shape index (κ2) is 7.58. The highest BCUT2D eigenvalue weighted by atomic mass is 16.5.